The van der Waals surface area contributed by atoms with Crippen LogP contribution in [0.4, 0.5) is 0 Å². The van der Waals surface area contributed by atoms with E-state index in [1.165, 1.54) is 0 Å². The number of sulfone groups is 1. The Morgan fingerprint density at radius 3 is 2.50 bits per heavy atom. The van der Waals surface area contributed by atoms with Crippen LogP contribution >= 0.6 is 0 Å². The number of pyridine rings is 1. The van der Waals surface area contributed by atoms with Gasteiger partial charge < -0.3 is 4.90 Å². The molecule has 0 radical (unpaired) electrons. The highest BCUT2D eigenvalue weighted by Gasteiger charge is 2.29. The highest BCUT2D eigenvalue weighted by atomic mass is 32.2. The number of hydrogen-bond donors (Lipinski definition) is 0. The fourth-order valence-corrected chi connectivity index (χ4v) is 4.74. The van der Waals surface area contributed by atoms with E-state index in [1.807, 2.05) is 38.1 Å². The summed E-state index contributed by atoms with van der Waals surface area (Å²) in [4.78, 5) is 19.2. The molecule has 2 heterocycles. The lowest BCUT2D eigenvalue weighted by Crippen LogP contribution is -2.42. The standard InChI is InChI=1S/C18H22N2O3S/c1-12-4-5-17-15(10-12)16(11-13(2)19-17)18(21)20(3)14-6-8-24(22,23)9-7-14/h4-5,10-11,14H,6-9H2,1-3H3. The molecule has 0 bridgehead atoms. The summed E-state index contributed by atoms with van der Waals surface area (Å²) in [6, 6.07) is 7.68. The Balaban J connectivity index is 1.95. The van der Waals surface area contributed by atoms with Crippen LogP contribution < -0.4 is 0 Å². The fourth-order valence-electron chi connectivity index (χ4n) is 3.27. The molecule has 1 saturated heterocycles. The Labute approximate surface area is 142 Å². The van der Waals surface area contributed by atoms with Crippen LogP contribution in [0, 0.1) is 13.8 Å². The molecule has 1 aromatic heterocycles. The van der Waals surface area contributed by atoms with Gasteiger partial charge in [-0.15, -0.1) is 0 Å². The molecule has 0 spiro atoms. The van der Waals surface area contributed by atoms with E-state index in [0.29, 0.717) is 18.4 Å². The molecule has 0 atom stereocenters. The van der Waals surface area contributed by atoms with Gasteiger partial charge in [0.1, 0.15) is 9.84 Å². The number of fused-ring (bicyclic) bond motifs is 1. The summed E-state index contributed by atoms with van der Waals surface area (Å²) in [6.45, 7) is 3.87. The van der Waals surface area contributed by atoms with Gasteiger partial charge in [-0.1, -0.05) is 11.6 Å². The normalized spacial score (nSPS) is 17.8. The molecule has 3 rings (SSSR count). The largest absolute Gasteiger partial charge is 0.339 e. The van der Waals surface area contributed by atoms with E-state index >= 15 is 0 Å². The molecular formula is C18H22N2O3S. The van der Waals surface area contributed by atoms with Crippen molar-refractivity contribution in [3.63, 3.8) is 0 Å². The van der Waals surface area contributed by atoms with Crippen molar-refractivity contribution in [2.24, 2.45) is 0 Å². The molecule has 1 amide bonds. The molecule has 0 saturated carbocycles. The predicted molar refractivity (Wildman–Crippen MR) is 95.0 cm³/mol. The Morgan fingerprint density at radius 2 is 1.83 bits per heavy atom. The van der Waals surface area contributed by atoms with Crippen LogP contribution in [0.15, 0.2) is 24.3 Å². The van der Waals surface area contributed by atoms with E-state index in [0.717, 1.165) is 22.2 Å². The van der Waals surface area contributed by atoms with Gasteiger partial charge in [-0.2, -0.15) is 0 Å². The van der Waals surface area contributed by atoms with Crippen molar-refractivity contribution < 1.29 is 13.2 Å². The second kappa shape index (κ2) is 6.16. The lowest BCUT2D eigenvalue weighted by atomic mass is 10.0. The third-order valence-corrected chi connectivity index (χ3v) is 6.43. The average Bonchev–Trinajstić information content (AvgIpc) is 2.53. The minimum absolute atomic E-state index is 0.0330. The number of amides is 1. The van der Waals surface area contributed by atoms with E-state index < -0.39 is 9.84 Å². The van der Waals surface area contributed by atoms with Crippen LogP contribution in [0.5, 0.6) is 0 Å². The first-order valence-corrected chi connectivity index (χ1v) is 9.94. The second-order valence-corrected chi connectivity index (χ2v) is 8.93. The maximum atomic E-state index is 13.0. The Hall–Kier alpha value is -1.95. The zero-order chi connectivity index (χ0) is 17.5. The Bertz CT molecular complexity index is 892. The van der Waals surface area contributed by atoms with Gasteiger partial charge in [0.2, 0.25) is 0 Å². The van der Waals surface area contributed by atoms with Crippen molar-refractivity contribution in [3.8, 4) is 0 Å². The highest BCUT2D eigenvalue weighted by molar-refractivity contribution is 7.91. The topological polar surface area (TPSA) is 67.3 Å². The fraction of sp³-hybridized carbons (Fsp3) is 0.444. The first-order chi connectivity index (χ1) is 11.3. The third-order valence-electron chi connectivity index (χ3n) is 4.71. The van der Waals surface area contributed by atoms with Crippen LogP contribution in [0.2, 0.25) is 0 Å². The van der Waals surface area contributed by atoms with Crippen molar-refractivity contribution in [3.05, 3.63) is 41.1 Å². The molecule has 0 aliphatic carbocycles. The number of benzene rings is 1. The van der Waals surface area contributed by atoms with Gasteiger partial charge in [0, 0.05) is 24.2 Å². The third kappa shape index (κ3) is 3.29. The number of carbonyl (C=O) groups is 1. The predicted octanol–water partition coefficient (Wildman–Crippen LogP) is 2.50. The number of aryl methyl sites for hydroxylation is 2. The molecule has 24 heavy (non-hydrogen) atoms. The van der Waals surface area contributed by atoms with Crippen molar-refractivity contribution in [1.29, 1.82) is 0 Å². The Kier molecular flexibility index (Phi) is 4.34. The van der Waals surface area contributed by atoms with E-state index in [-0.39, 0.29) is 23.5 Å². The quantitative estimate of drug-likeness (QED) is 0.838. The summed E-state index contributed by atoms with van der Waals surface area (Å²) in [5.41, 5.74) is 3.32. The maximum Gasteiger partial charge on any atom is 0.254 e. The minimum atomic E-state index is -2.93. The maximum absolute atomic E-state index is 13.0. The first kappa shape index (κ1) is 16.9. The molecule has 1 aliphatic rings. The van der Waals surface area contributed by atoms with Crippen LogP contribution in [-0.4, -0.2) is 48.8 Å². The summed E-state index contributed by atoms with van der Waals surface area (Å²) in [6.07, 6.45) is 1.01. The van der Waals surface area contributed by atoms with Crippen molar-refractivity contribution in [2.75, 3.05) is 18.6 Å². The number of hydrogen-bond acceptors (Lipinski definition) is 4. The molecular weight excluding hydrogens is 324 g/mol. The van der Waals surface area contributed by atoms with Crippen LogP contribution in [0.3, 0.4) is 0 Å². The zero-order valence-corrected chi connectivity index (χ0v) is 15.1. The van der Waals surface area contributed by atoms with Crippen molar-refractivity contribution >= 4 is 26.6 Å². The lowest BCUT2D eigenvalue weighted by molar-refractivity contribution is 0.0723. The number of aromatic nitrogens is 1. The molecule has 128 valence electrons. The van der Waals surface area contributed by atoms with Gasteiger partial charge in [0.05, 0.1) is 22.6 Å². The molecule has 5 nitrogen and oxygen atoms in total. The SMILES string of the molecule is Cc1ccc2nc(C)cc(C(=O)N(C)C3CCS(=O)(=O)CC3)c2c1. The van der Waals surface area contributed by atoms with Gasteiger partial charge in [-0.3, -0.25) is 9.78 Å². The number of rotatable bonds is 2. The lowest BCUT2D eigenvalue weighted by Gasteiger charge is -2.31. The summed E-state index contributed by atoms with van der Waals surface area (Å²) in [5.74, 6) is 0.245. The molecule has 0 N–H and O–H groups in total. The van der Waals surface area contributed by atoms with E-state index in [2.05, 4.69) is 4.98 Å². The highest BCUT2D eigenvalue weighted by Crippen LogP contribution is 2.24. The van der Waals surface area contributed by atoms with E-state index in [4.69, 9.17) is 0 Å². The van der Waals surface area contributed by atoms with E-state index in [9.17, 15) is 13.2 Å². The Morgan fingerprint density at radius 1 is 1.17 bits per heavy atom. The van der Waals surface area contributed by atoms with Crippen LogP contribution in [-0.2, 0) is 9.84 Å². The van der Waals surface area contributed by atoms with Gasteiger partial charge in [0.25, 0.3) is 5.91 Å². The van der Waals surface area contributed by atoms with Crippen LogP contribution in [0.1, 0.15) is 34.5 Å². The summed E-state index contributed by atoms with van der Waals surface area (Å²) < 4.78 is 23.2. The molecule has 2 aromatic rings. The molecule has 6 heteroatoms. The molecule has 1 aliphatic heterocycles. The molecule has 1 aromatic carbocycles. The number of nitrogens with zero attached hydrogens (tertiary/aromatic N) is 2. The zero-order valence-electron chi connectivity index (χ0n) is 14.2. The van der Waals surface area contributed by atoms with Gasteiger partial charge >= 0.3 is 0 Å². The van der Waals surface area contributed by atoms with E-state index in [1.54, 1.807) is 11.9 Å². The second-order valence-electron chi connectivity index (χ2n) is 6.63. The molecule has 1 fully saturated rings. The summed E-state index contributed by atoms with van der Waals surface area (Å²) in [5, 5.41) is 0.848. The minimum Gasteiger partial charge on any atom is -0.339 e. The molecule has 0 unspecified atom stereocenters. The monoisotopic (exact) mass is 346 g/mol. The van der Waals surface area contributed by atoms with Crippen LogP contribution in [0.25, 0.3) is 10.9 Å². The first-order valence-electron chi connectivity index (χ1n) is 8.12. The summed E-state index contributed by atoms with van der Waals surface area (Å²) in [7, 11) is -1.17. The van der Waals surface area contributed by atoms with Crippen molar-refractivity contribution in [1.82, 2.24) is 9.88 Å². The average molecular weight is 346 g/mol. The number of carbonyl (C=O) groups excluding carboxylic acids is 1. The van der Waals surface area contributed by atoms with Gasteiger partial charge in [-0.05, 0) is 44.9 Å². The van der Waals surface area contributed by atoms with Gasteiger partial charge in [-0.25, -0.2) is 8.42 Å². The van der Waals surface area contributed by atoms with Gasteiger partial charge in [0.15, 0.2) is 0 Å². The summed E-state index contributed by atoms with van der Waals surface area (Å²) >= 11 is 0. The smallest absolute Gasteiger partial charge is 0.254 e. The van der Waals surface area contributed by atoms with Crippen molar-refractivity contribution in [2.45, 2.75) is 32.7 Å².